The van der Waals surface area contributed by atoms with Gasteiger partial charge in [-0.05, 0) is 47.9 Å². The molecule has 1 fully saturated rings. The maximum Gasteiger partial charge on any atom is 0.331 e. The number of carboxylic acids is 1. The number of amides is 1. The highest BCUT2D eigenvalue weighted by atomic mass is 19.1. The lowest BCUT2D eigenvalue weighted by Crippen LogP contribution is -2.55. The molecule has 150 valence electrons. The summed E-state index contributed by atoms with van der Waals surface area (Å²) in [6.07, 6.45) is 0.798. The van der Waals surface area contributed by atoms with Crippen LogP contribution < -0.4 is 5.32 Å². The molecule has 6 nitrogen and oxygen atoms in total. The molecule has 1 amide bonds. The Labute approximate surface area is 166 Å². The van der Waals surface area contributed by atoms with Crippen molar-refractivity contribution >= 4 is 22.8 Å². The maximum atomic E-state index is 13.3. The van der Waals surface area contributed by atoms with Crippen molar-refractivity contribution in [1.82, 2.24) is 10.3 Å². The van der Waals surface area contributed by atoms with Gasteiger partial charge in [0.05, 0.1) is 6.61 Å². The predicted octanol–water partition coefficient (Wildman–Crippen LogP) is 3.27. The van der Waals surface area contributed by atoms with Crippen molar-refractivity contribution in [3.63, 3.8) is 0 Å². The molecule has 1 unspecified atom stereocenters. The minimum Gasteiger partial charge on any atom is -0.479 e. The van der Waals surface area contributed by atoms with Crippen LogP contribution >= 0.6 is 0 Å². The molecule has 0 spiro atoms. The summed E-state index contributed by atoms with van der Waals surface area (Å²) in [4.78, 5) is 27.5. The predicted molar refractivity (Wildman–Crippen MR) is 106 cm³/mol. The van der Waals surface area contributed by atoms with Crippen LogP contribution in [0.25, 0.3) is 22.2 Å². The van der Waals surface area contributed by atoms with Crippen molar-refractivity contribution in [2.24, 2.45) is 0 Å². The quantitative estimate of drug-likeness (QED) is 0.596. The van der Waals surface area contributed by atoms with Gasteiger partial charge in [-0.2, -0.15) is 0 Å². The average molecular weight is 396 g/mol. The third-order valence-corrected chi connectivity index (χ3v) is 5.36. The number of aliphatic carboxylic acids is 1. The van der Waals surface area contributed by atoms with E-state index in [0.29, 0.717) is 13.0 Å². The van der Waals surface area contributed by atoms with Crippen molar-refractivity contribution in [2.75, 3.05) is 13.2 Å². The van der Waals surface area contributed by atoms with Crippen LogP contribution in [-0.2, 0) is 20.7 Å². The molecule has 7 heteroatoms. The number of aromatic nitrogens is 1. The zero-order chi connectivity index (χ0) is 20.4. The number of hydrogen-bond acceptors (Lipinski definition) is 3. The first-order chi connectivity index (χ1) is 14.0. The van der Waals surface area contributed by atoms with E-state index >= 15 is 0 Å². The fourth-order valence-electron chi connectivity index (χ4n) is 3.78. The minimum absolute atomic E-state index is 0.0258. The van der Waals surface area contributed by atoms with E-state index in [2.05, 4.69) is 10.3 Å². The minimum atomic E-state index is -1.35. The first-order valence-electron chi connectivity index (χ1n) is 9.46. The van der Waals surface area contributed by atoms with Gasteiger partial charge in [0.15, 0.2) is 5.54 Å². The number of aromatic amines is 1. The highest BCUT2D eigenvalue weighted by Gasteiger charge is 2.43. The van der Waals surface area contributed by atoms with Crippen LogP contribution in [0.4, 0.5) is 4.39 Å². The van der Waals surface area contributed by atoms with Crippen LogP contribution in [0.5, 0.6) is 0 Å². The molecule has 1 atom stereocenters. The highest BCUT2D eigenvalue weighted by Crippen LogP contribution is 2.31. The second-order valence-electron chi connectivity index (χ2n) is 7.27. The van der Waals surface area contributed by atoms with Gasteiger partial charge in [0.1, 0.15) is 5.82 Å². The summed E-state index contributed by atoms with van der Waals surface area (Å²) in [5.41, 5.74) is 2.17. The molecular weight excluding hydrogens is 375 g/mol. The van der Waals surface area contributed by atoms with E-state index < -0.39 is 11.5 Å². The van der Waals surface area contributed by atoms with Crippen molar-refractivity contribution in [3.8, 4) is 11.3 Å². The van der Waals surface area contributed by atoms with E-state index in [1.165, 1.54) is 12.1 Å². The number of nitrogens with one attached hydrogen (secondary N) is 2. The van der Waals surface area contributed by atoms with Gasteiger partial charge in [-0.25, -0.2) is 9.18 Å². The molecule has 0 bridgehead atoms. The summed E-state index contributed by atoms with van der Waals surface area (Å²) < 4.78 is 18.5. The van der Waals surface area contributed by atoms with Crippen LogP contribution in [0.3, 0.4) is 0 Å². The molecule has 0 saturated carbocycles. The molecule has 3 N–H and O–H groups in total. The molecule has 1 aliphatic heterocycles. The monoisotopic (exact) mass is 396 g/mol. The fraction of sp³-hybridized carbons (Fsp3) is 0.273. The molecule has 29 heavy (non-hydrogen) atoms. The number of benzene rings is 2. The number of carbonyl (C=O) groups is 2. The second kappa shape index (κ2) is 7.67. The number of carbonyl (C=O) groups excluding carboxylic acids is 1. The Morgan fingerprint density at radius 3 is 2.62 bits per heavy atom. The van der Waals surface area contributed by atoms with E-state index in [4.69, 9.17) is 4.74 Å². The van der Waals surface area contributed by atoms with Crippen molar-refractivity contribution in [3.05, 3.63) is 59.9 Å². The molecular formula is C22H21FN2O4. The van der Waals surface area contributed by atoms with E-state index in [-0.39, 0.29) is 31.2 Å². The molecule has 2 aromatic carbocycles. The molecule has 4 rings (SSSR count). The number of aryl methyl sites for hydroxylation is 1. The summed E-state index contributed by atoms with van der Waals surface area (Å²) in [5, 5.41) is 13.1. The third-order valence-electron chi connectivity index (χ3n) is 5.36. The highest BCUT2D eigenvalue weighted by molar-refractivity contribution is 5.92. The Balaban J connectivity index is 1.59. The maximum absolute atomic E-state index is 13.3. The zero-order valence-corrected chi connectivity index (χ0v) is 15.7. The third kappa shape index (κ3) is 3.73. The van der Waals surface area contributed by atoms with Crippen molar-refractivity contribution in [1.29, 1.82) is 0 Å². The van der Waals surface area contributed by atoms with Crippen molar-refractivity contribution < 1.29 is 23.8 Å². The van der Waals surface area contributed by atoms with E-state index in [1.807, 2.05) is 24.3 Å². The lowest BCUT2D eigenvalue weighted by atomic mass is 9.97. The van der Waals surface area contributed by atoms with E-state index in [0.717, 1.165) is 27.7 Å². The Hall–Kier alpha value is -3.19. The van der Waals surface area contributed by atoms with Crippen LogP contribution in [0, 0.1) is 5.82 Å². The molecule has 0 radical (unpaired) electrons. The Morgan fingerprint density at radius 1 is 1.17 bits per heavy atom. The summed E-state index contributed by atoms with van der Waals surface area (Å²) in [6, 6.07) is 13.9. The topological polar surface area (TPSA) is 91.4 Å². The number of halogens is 1. The Bertz CT molecular complexity index is 1050. The van der Waals surface area contributed by atoms with Gasteiger partial charge in [0.25, 0.3) is 0 Å². The van der Waals surface area contributed by atoms with Gasteiger partial charge in [0, 0.05) is 36.0 Å². The first kappa shape index (κ1) is 19.1. The van der Waals surface area contributed by atoms with Gasteiger partial charge in [0.2, 0.25) is 5.91 Å². The molecule has 3 aromatic rings. The summed E-state index contributed by atoms with van der Waals surface area (Å²) in [5.74, 6) is -1.74. The SMILES string of the molecule is O=C(CCc1c(-c2ccc(F)cc2)[nH]c2ccccc12)NC1(C(=O)O)CCOC1. The normalized spacial score (nSPS) is 18.8. The number of carboxylic acid groups (broad SMARTS) is 1. The fourth-order valence-corrected chi connectivity index (χ4v) is 3.78. The van der Waals surface area contributed by atoms with Gasteiger partial charge >= 0.3 is 5.97 Å². The number of para-hydroxylation sites is 1. The van der Waals surface area contributed by atoms with Crippen LogP contribution in [-0.4, -0.2) is 40.7 Å². The summed E-state index contributed by atoms with van der Waals surface area (Å²) >= 11 is 0. The van der Waals surface area contributed by atoms with Gasteiger partial charge < -0.3 is 20.1 Å². The van der Waals surface area contributed by atoms with E-state index in [9.17, 15) is 19.1 Å². The van der Waals surface area contributed by atoms with Gasteiger partial charge in [-0.3, -0.25) is 4.79 Å². The average Bonchev–Trinajstić information content (AvgIpc) is 3.32. The molecule has 1 saturated heterocycles. The largest absolute Gasteiger partial charge is 0.479 e. The first-order valence-corrected chi connectivity index (χ1v) is 9.46. The van der Waals surface area contributed by atoms with Crippen LogP contribution in [0.1, 0.15) is 18.4 Å². The zero-order valence-electron chi connectivity index (χ0n) is 15.7. The molecule has 2 heterocycles. The van der Waals surface area contributed by atoms with Gasteiger partial charge in [-0.15, -0.1) is 0 Å². The van der Waals surface area contributed by atoms with Crippen molar-refractivity contribution in [2.45, 2.75) is 24.8 Å². The summed E-state index contributed by atoms with van der Waals surface area (Å²) in [7, 11) is 0. The van der Waals surface area contributed by atoms with Crippen LogP contribution in [0.15, 0.2) is 48.5 Å². The number of rotatable bonds is 6. The smallest absolute Gasteiger partial charge is 0.331 e. The Kier molecular flexibility index (Phi) is 5.07. The number of ether oxygens (including phenoxy) is 1. The number of H-pyrrole nitrogens is 1. The standard InChI is InChI=1S/C22H21FN2O4/c23-15-7-5-14(6-8-15)20-17(16-3-1-2-4-18(16)24-20)9-10-19(26)25-22(21(27)28)11-12-29-13-22/h1-8,24H,9-13H2,(H,25,26)(H,27,28). The molecule has 0 aliphatic carbocycles. The molecule has 1 aliphatic rings. The number of fused-ring (bicyclic) bond motifs is 1. The van der Waals surface area contributed by atoms with Crippen LogP contribution in [0.2, 0.25) is 0 Å². The molecule has 1 aromatic heterocycles. The lowest BCUT2D eigenvalue weighted by Gasteiger charge is -2.23. The number of hydrogen-bond donors (Lipinski definition) is 3. The second-order valence-corrected chi connectivity index (χ2v) is 7.27. The summed E-state index contributed by atoms with van der Waals surface area (Å²) in [6.45, 7) is 0.283. The lowest BCUT2D eigenvalue weighted by molar-refractivity contribution is -0.147. The Morgan fingerprint density at radius 2 is 1.93 bits per heavy atom. The van der Waals surface area contributed by atoms with E-state index in [1.54, 1.807) is 12.1 Å². The van der Waals surface area contributed by atoms with Gasteiger partial charge in [-0.1, -0.05) is 18.2 Å².